The number of nitrogens with zero attached hydrogens (tertiary/aromatic N) is 2. The molecule has 0 radical (unpaired) electrons. The van der Waals surface area contributed by atoms with Gasteiger partial charge in [0.1, 0.15) is 0 Å². The number of aryl methyl sites for hydroxylation is 1. The van der Waals surface area contributed by atoms with E-state index in [9.17, 15) is 0 Å². The van der Waals surface area contributed by atoms with E-state index in [0.717, 1.165) is 17.0 Å². The molecule has 0 aliphatic rings. The van der Waals surface area contributed by atoms with E-state index in [1.165, 1.54) is 11.1 Å². The SMILES string of the molecule is Cc1cccc(-c2cnc(Cl)c(Cc3ccccc3)n2)c1. The Balaban J connectivity index is 1.97. The summed E-state index contributed by atoms with van der Waals surface area (Å²) in [5, 5.41) is 0.468. The van der Waals surface area contributed by atoms with Gasteiger partial charge in [-0.1, -0.05) is 65.7 Å². The molecular formula is C18H15ClN2. The fourth-order valence-corrected chi connectivity index (χ4v) is 2.42. The van der Waals surface area contributed by atoms with E-state index in [4.69, 9.17) is 11.6 Å². The molecule has 3 aromatic rings. The number of hydrogen-bond donors (Lipinski definition) is 0. The maximum Gasteiger partial charge on any atom is 0.150 e. The van der Waals surface area contributed by atoms with Gasteiger partial charge >= 0.3 is 0 Å². The van der Waals surface area contributed by atoms with Crippen LogP contribution in [0.25, 0.3) is 11.3 Å². The van der Waals surface area contributed by atoms with Crippen LogP contribution in [0, 0.1) is 6.92 Å². The van der Waals surface area contributed by atoms with E-state index in [1.54, 1.807) is 6.20 Å². The van der Waals surface area contributed by atoms with E-state index in [2.05, 4.69) is 41.2 Å². The molecule has 0 atom stereocenters. The molecule has 2 nitrogen and oxygen atoms in total. The lowest BCUT2D eigenvalue weighted by molar-refractivity contribution is 1.04. The standard InChI is InChI=1S/C18H15ClN2/c1-13-6-5-9-15(10-13)17-12-20-18(19)16(21-17)11-14-7-3-2-4-8-14/h2-10,12H,11H2,1H3. The molecule has 0 aliphatic carbocycles. The van der Waals surface area contributed by atoms with Crippen molar-refractivity contribution in [2.75, 3.05) is 0 Å². The van der Waals surface area contributed by atoms with Crippen molar-refractivity contribution < 1.29 is 0 Å². The highest BCUT2D eigenvalue weighted by atomic mass is 35.5. The van der Waals surface area contributed by atoms with Crippen LogP contribution in [0.2, 0.25) is 5.15 Å². The summed E-state index contributed by atoms with van der Waals surface area (Å²) in [4.78, 5) is 8.97. The lowest BCUT2D eigenvalue weighted by Gasteiger charge is -2.07. The summed E-state index contributed by atoms with van der Waals surface area (Å²) in [5.74, 6) is 0. The normalized spacial score (nSPS) is 10.6. The van der Waals surface area contributed by atoms with Crippen LogP contribution in [-0.4, -0.2) is 9.97 Å². The quantitative estimate of drug-likeness (QED) is 0.700. The Labute approximate surface area is 129 Å². The zero-order valence-corrected chi connectivity index (χ0v) is 12.5. The Morgan fingerprint density at radius 3 is 2.57 bits per heavy atom. The highest BCUT2D eigenvalue weighted by Crippen LogP contribution is 2.22. The number of halogens is 1. The van der Waals surface area contributed by atoms with Crippen LogP contribution in [0.5, 0.6) is 0 Å². The summed E-state index contributed by atoms with van der Waals surface area (Å²) in [6, 6.07) is 18.4. The van der Waals surface area contributed by atoms with Crippen molar-refractivity contribution in [2.45, 2.75) is 13.3 Å². The molecule has 3 rings (SSSR count). The molecule has 1 aromatic heterocycles. The molecule has 0 fully saturated rings. The molecule has 0 amide bonds. The molecule has 0 saturated carbocycles. The summed E-state index contributed by atoms with van der Waals surface area (Å²) in [7, 11) is 0. The fourth-order valence-electron chi connectivity index (χ4n) is 2.26. The highest BCUT2D eigenvalue weighted by Gasteiger charge is 2.08. The first kappa shape index (κ1) is 13.8. The van der Waals surface area contributed by atoms with Crippen molar-refractivity contribution in [3.05, 3.63) is 82.8 Å². The maximum absolute atomic E-state index is 6.19. The van der Waals surface area contributed by atoms with Gasteiger partial charge in [0.05, 0.1) is 17.6 Å². The van der Waals surface area contributed by atoms with Crippen molar-refractivity contribution in [1.29, 1.82) is 0 Å². The number of aromatic nitrogens is 2. The summed E-state index contributed by atoms with van der Waals surface area (Å²) >= 11 is 6.19. The van der Waals surface area contributed by atoms with E-state index < -0.39 is 0 Å². The van der Waals surface area contributed by atoms with Gasteiger partial charge < -0.3 is 0 Å². The zero-order valence-electron chi connectivity index (χ0n) is 11.8. The highest BCUT2D eigenvalue weighted by molar-refractivity contribution is 6.30. The molecule has 1 heterocycles. The maximum atomic E-state index is 6.19. The van der Waals surface area contributed by atoms with Gasteiger partial charge in [0.2, 0.25) is 0 Å². The van der Waals surface area contributed by atoms with Gasteiger partial charge in [-0.3, -0.25) is 0 Å². The monoisotopic (exact) mass is 294 g/mol. The van der Waals surface area contributed by atoms with Crippen LogP contribution in [0.4, 0.5) is 0 Å². The third-order valence-electron chi connectivity index (χ3n) is 3.32. The van der Waals surface area contributed by atoms with Gasteiger partial charge in [-0.05, 0) is 18.6 Å². The molecule has 0 spiro atoms. The van der Waals surface area contributed by atoms with Gasteiger partial charge in [-0.2, -0.15) is 0 Å². The second-order valence-electron chi connectivity index (χ2n) is 5.02. The topological polar surface area (TPSA) is 25.8 Å². The molecule has 0 aliphatic heterocycles. The van der Waals surface area contributed by atoms with Gasteiger partial charge in [-0.15, -0.1) is 0 Å². The predicted molar refractivity (Wildman–Crippen MR) is 86.5 cm³/mol. The molecular weight excluding hydrogens is 280 g/mol. The molecule has 2 aromatic carbocycles. The summed E-state index contributed by atoms with van der Waals surface area (Å²) in [5.41, 5.74) is 5.10. The second kappa shape index (κ2) is 6.06. The minimum atomic E-state index is 0.468. The van der Waals surface area contributed by atoms with Crippen LogP contribution in [-0.2, 0) is 6.42 Å². The summed E-state index contributed by atoms with van der Waals surface area (Å²) < 4.78 is 0. The largest absolute Gasteiger partial charge is 0.248 e. The fraction of sp³-hybridized carbons (Fsp3) is 0.111. The predicted octanol–water partition coefficient (Wildman–Crippen LogP) is 4.70. The number of benzene rings is 2. The molecule has 0 unspecified atom stereocenters. The Kier molecular flexibility index (Phi) is 3.98. The van der Waals surface area contributed by atoms with Crippen molar-refractivity contribution in [3.63, 3.8) is 0 Å². The molecule has 3 heteroatoms. The van der Waals surface area contributed by atoms with Crippen molar-refractivity contribution in [1.82, 2.24) is 9.97 Å². The van der Waals surface area contributed by atoms with Crippen LogP contribution in [0.1, 0.15) is 16.8 Å². The van der Waals surface area contributed by atoms with E-state index >= 15 is 0 Å². The number of rotatable bonds is 3. The lowest BCUT2D eigenvalue weighted by Crippen LogP contribution is -1.98. The first-order valence-electron chi connectivity index (χ1n) is 6.85. The average Bonchev–Trinajstić information content (AvgIpc) is 2.50. The van der Waals surface area contributed by atoms with Crippen LogP contribution < -0.4 is 0 Å². The van der Waals surface area contributed by atoms with Gasteiger partial charge in [0, 0.05) is 12.0 Å². The van der Waals surface area contributed by atoms with E-state index in [0.29, 0.717) is 11.6 Å². The minimum absolute atomic E-state index is 0.468. The Morgan fingerprint density at radius 1 is 1.00 bits per heavy atom. The van der Waals surface area contributed by atoms with E-state index in [-0.39, 0.29) is 0 Å². The summed E-state index contributed by atoms with van der Waals surface area (Å²) in [6.07, 6.45) is 2.41. The van der Waals surface area contributed by atoms with Crippen LogP contribution >= 0.6 is 11.6 Å². The van der Waals surface area contributed by atoms with Crippen LogP contribution in [0.3, 0.4) is 0 Å². The average molecular weight is 295 g/mol. The molecule has 0 bridgehead atoms. The third-order valence-corrected chi connectivity index (χ3v) is 3.64. The van der Waals surface area contributed by atoms with E-state index in [1.807, 2.05) is 30.3 Å². The molecule has 0 N–H and O–H groups in total. The Bertz CT molecular complexity index is 754. The molecule has 104 valence electrons. The first-order chi connectivity index (χ1) is 10.2. The number of hydrogen-bond acceptors (Lipinski definition) is 2. The van der Waals surface area contributed by atoms with Crippen LogP contribution in [0.15, 0.2) is 60.8 Å². The molecule has 21 heavy (non-hydrogen) atoms. The smallest absolute Gasteiger partial charge is 0.150 e. The molecule has 0 saturated heterocycles. The van der Waals surface area contributed by atoms with Crippen molar-refractivity contribution in [3.8, 4) is 11.3 Å². The van der Waals surface area contributed by atoms with Crippen molar-refractivity contribution >= 4 is 11.6 Å². The Morgan fingerprint density at radius 2 is 1.81 bits per heavy atom. The minimum Gasteiger partial charge on any atom is -0.248 e. The summed E-state index contributed by atoms with van der Waals surface area (Å²) in [6.45, 7) is 2.07. The Hall–Kier alpha value is -2.19. The third kappa shape index (κ3) is 3.29. The van der Waals surface area contributed by atoms with Gasteiger partial charge in [-0.25, -0.2) is 9.97 Å². The lowest BCUT2D eigenvalue weighted by atomic mass is 10.1. The second-order valence-corrected chi connectivity index (χ2v) is 5.38. The first-order valence-corrected chi connectivity index (χ1v) is 7.22. The van der Waals surface area contributed by atoms with Gasteiger partial charge in [0.15, 0.2) is 5.15 Å². The van der Waals surface area contributed by atoms with Crippen molar-refractivity contribution in [2.24, 2.45) is 0 Å². The zero-order chi connectivity index (χ0) is 14.7. The van der Waals surface area contributed by atoms with Gasteiger partial charge in [0.25, 0.3) is 0 Å².